The van der Waals surface area contributed by atoms with E-state index in [4.69, 9.17) is 25.6 Å². The fourth-order valence-corrected chi connectivity index (χ4v) is 2.24. The molecule has 84 valence electrons. The van der Waals surface area contributed by atoms with E-state index in [0.717, 1.165) is 0 Å². The molecule has 0 spiro atoms. The van der Waals surface area contributed by atoms with Crippen molar-refractivity contribution in [1.82, 2.24) is 0 Å². The Labute approximate surface area is 92.3 Å². The summed E-state index contributed by atoms with van der Waals surface area (Å²) in [6, 6.07) is 2.74. The minimum Gasteiger partial charge on any atom is -0.495 e. The van der Waals surface area contributed by atoms with E-state index in [-0.39, 0.29) is 16.5 Å². The number of rotatable bonds is 3. The molecule has 0 aliphatic rings. The first-order valence-electron chi connectivity index (χ1n) is 3.79. The molecule has 1 N–H and O–H groups in total. The highest BCUT2D eigenvalue weighted by Gasteiger charge is 2.24. The molecule has 0 aliphatic heterocycles. The van der Waals surface area contributed by atoms with Crippen LogP contribution in [0, 0.1) is 0 Å². The van der Waals surface area contributed by atoms with Gasteiger partial charge in [0.2, 0.25) is 0 Å². The maximum absolute atomic E-state index is 11.1. The molecule has 1 aromatic carbocycles. The monoisotopic (exact) mass is 252 g/mol. The van der Waals surface area contributed by atoms with E-state index in [1.807, 2.05) is 0 Å². The predicted octanol–water partition coefficient (Wildman–Crippen LogP) is 1.60. The van der Waals surface area contributed by atoms with E-state index in [0.29, 0.717) is 0 Å². The van der Waals surface area contributed by atoms with Crippen LogP contribution >= 0.6 is 11.6 Å². The number of halogens is 1. The minimum atomic E-state index is -4.45. The maximum Gasteiger partial charge on any atom is 0.302 e. The highest BCUT2D eigenvalue weighted by molar-refractivity contribution is 7.86. The highest BCUT2D eigenvalue weighted by Crippen LogP contribution is 2.38. The summed E-state index contributed by atoms with van der Waals surface area (Å²) in [4.78, 5) is -0.472. The average molecular weight is 253 g/mol. The van der Waals surface area contributed by atoms with Crippen LogP contribution in [0.25, 0.3) is 0 Å². The van der Waals surface area contributed by atoms with Gasteiger partial charge >= 0.3 is 10.1 Å². The van der Waals surface area contributed by atoms with Crippen LogP contribution in [-0.2, 0) is 10.1 Å². The van der Waals surface area contributed by atoms with E-state index in [2.05, 4.69) is 0 Å². The van der Waals surface area contributed by atoms with Crippen LogP contribution < -0.4 is 9.47 Å². The van der Waals surface area contributed by atoms with Crippen molar-refractivity contribution in [3.8, 4) is 11.5 Å². The third-order valence-corrected chi connectivity index (χ3v) is 2.91. The van der Waals surface area contributed by atoms with Crippen molar-refractivity contribution in [2.75, 3.05) is 14.2 Å². The molecule has 0 aliphatic carbocycles. The Balaban J connectivity index is 3.63. The molecular weight excluding hydrogens is 244 g/mol. The summed E-state index contributed by atoms with van der Waals surface area (Å²) in [6.07, 6.45) is 0. The summed E-state index contributed by atoms with van der Waals surface area (Å²) in [5, 5.41) is 0.0749. The van der Waals surface area contributed by atoms with E-state index in [1.54, 1.807) is 0 Å². The Morgan fingerprint density at radius 2 is 1.87 bits per heavy atom. The second-order valence-corrected chi connectivity index (χ2v) is 4.35. The molecular formula is C8H9ClO5S. The van der Waals surface area contributed by atoms with Crippen LogP contribution in [0.1, 0.15) is 0 Å². The average Bonchev–Trinajstić information content (AvgIpc) is 2.15. The Kier molecular flexibility index (Phi) is 3.43. The second-order valence-electron chi connectivity index (χ2n) is 2.59. The van der Waals surface area contributed by atoms with Crippen molar-refractivity contribution >= 4 is 21.7 Å². The van der Waals surface area contributed by atoms with E-state index in [9.17, 15) is 8.42 Å². The molecule has 0 saturated carbocycles. The van der Waals surface area contributed by atoms with Gasteiger partial charge in [0, 0.05) is 0 Å². The fraction of sp³-hybridized carbons (Fsp3) is 0.250. The van der Waals surface area contributed by atoms with Gasteiger partial charge in [-0.25, -0.2) is 0 Å². The summed E-state index contributed by atoms with van der Waals surface area (Å²) in [7, 11) is -1.92. The van der Waals surface area contributed by atoms with Crippen LogP contribution in [0.5, 0.6) is 11.5 Å². The fourth-order valence-electron chi connectivity index (χ4n) is 1.12. The number of methoxy groups -OCH3 is 2. The van der Waals surface area contributed by atoms with Crippen molar-refractivity contribution in [2.24, 2.45) is 0 Å². The van der Waals surface area contributed by atoms with Crippen molar-refractivity contribution in [2.45, 2.75) is 4.90 Å². The number of hydrogen-bond acceptors (Lipinski definition) is 4. The summed E-state index contributed by atoms with van der Waals surface area (Å²) < 4.78 is 40.7. The highest BCUT2D eigenvalue weighted by atomic mass is 35.5. The minimum absolute atomic E-state index is 0.0289. The van der Waals surface area contributed by atoms with Gasteiger partial charge in [-0.05, 0) is 12.1 Å². The first kappa shape index (κ1) is 12.1. The van der Waals surface area contributed by atoms with Crippen molar-refractivity contribution < 1.29 is 22.4 Å². The lowest BCUT2D eigenvalue weighted by atomic mass is 10.3. The van der Waals surface area contributed by atoms with Gasteiger partial charge in [0.25, 0.3) is 0 Å². The predicted molar refractivity (Wildman–Crippen MR) is 54.4 cm³/mol. The van der Waals surface area contributed by atoms with Gasteiger partial charge in [-0.15, -0.1) is 0 Å². The molecule has 0 aromatic heterocycles. The smallest absolute Gasteiger partial charge is 0.302 e. The quantitative estimate of drug-likeness (QED) is 0.828. The van der Waals surface area contributed by atoms with Gasteiger partial charge in [0.1, 0.15) is 5.75 Å². The van der Waals surface area contributed by atoms with Gasteiger partial charge in [-0.3, -0.25) is 4.55 Å². The molecule has 0 atom stereocenters. The molecule has 0 bridgehead atoms. The molecule has 0 unspecified atom stereocenters. The molecule has 5 nitrogen and oxygen atoms in total. The van der Waals surface area contributed by atoms with Crippen LogP contribution in [-0.4, -0.2) is 27.2 Å². The standard InChI is InChI=1S/C8H9ClO5S/c1-13-6-4-3-5(9)7(14-2)8(6)15(10,11)12/h3-4H,1-2H3,(H,10,11,12). The Bertz CT molecular complexity index is 468. The Morgan fingerprint density at radius 3 is 2.27 bits per heavy atom. The van der Waals surface area contributed by atoms with Gasteiger partial charge in [0.05, 0.1) is 19.2 Å². The van der Waals surface area contributed by atoms with Crippen LogP contribution in [0.4, 0.5) is 0 Å². The third kappa shape index (κ3) is 2.34. The largest absolute Gasteiger partial charge is 0.495 e. The second kappa shape index (κ2) is 4.26. The van der Waals surface area contributed by atoms with Gasteiger partial charge in [-0.1, -0.05) is 11.6 Å². The summed E-state index contributed by atoms with van der Waals surface area (Å²) in [6.45, 7) is 0. The van der Waals surface area contributed by atoms with Crippen LogP contribution in [0.15, 0.2) is 17.0 Å². The number of hydrogen-bond donors (Lipinski definition) is 1. The molecule has 1 aromatic rings. The first-order valence-corrected chi connectivity index (χ1v) is 5.61. The lowest BCUT2D eigenvalue weighted by Crippen LogP contribution is -2.04. The lowest BCUT2D eigenvalue weighted by molar-refractivity contribution is 0.367. The summed E-state index contributed by atoms with van der Waals surface area (Å²) >= 11 is 5.71. The molecule has 0 radical (unpaired) electrons. The number of ether oxygens (including phenoxy) is 2. The van der Waals surface area contributed by atoms with Crippen LogP contribution in [0.3, 0.4) is 0 Å². The Morgan fingerprint density at radius 1 is 1.27 bits per heavy atom. The first-order chi connectivity index (χ1) is 6.91. The van der Waals surface area contributed by atoms with Crippen LogP contribution in [0.2, 0.25) is 5.02 Å². The molecule has 0 saturated heterocycles. The molecule has 15 heavy (non-hydrogen) atoms. The topological polar surface area (TPSA) is 72.8 Å². The van der Waals surface area contributed by atoms with Crippen molar-refractivity contribution in [1.29, 1.82) is 0 Å². The van der Waals surface area contributed by atoms with E-state index in [1.165, 1.54) is 26.4 Å². The summed E-state index contributed by atoms with van der Waals surface area (Å²) in [5.74, 6) is -0.169. The summed E-state index contributed by atoms with van der Waals surface area (Å²) in [5.41, 5.74) is 0. The van der Waals surface area contributed by atoms with Crippen molar-refractivity contribution in [3.05, 3.63) is 17.2 Å². The Hall–Kier alpha value is -0.980. The van der Waals surface area contributed by atoms with E-state index >= 15 is 0 Å². The molecule has 0 fully saturated rings. The molecule has 1 rings (SSSR count). The van der Waals surface area contributed by atoms with Crippen molar-refractivity contribution in [3.63, 3.8) is 0 Å². The third-order valence-electron chi connectivity index (χ3n) is 1.71. The van der Waals surface area contributed by atoms with E-state index < -0.39 is 15.0 Å². The van der Waals surface area contributed by atoms with Gasteiger partial charge in [-0.2, -0.15) is 8.42 Å². The zero-order valence-electron chi connectivity index (χ0n) is 8.02. The lowest BCUT2D eigenvalue weighted by Gasteiger charge is -2.11. The number of benzene rings is 1. The molecule has 0 amide bonds. The zero-order valence-corrected chi connectivity index (χ0v) is 9.59. The maximum atomic E-state index is 11.1. The molecule has 7 heteroatoms. The normalized spacial score (nSPS) is 11.2. The SMILES string of the molecule is COc1ccc(Cl)c(OC)c1S(=O)(=O)O. The zero-order chi connectivity index (χ0) is 11.6. The van der Waals surface area contributed by atoms with Gasteiger partial charge < -0.3 is 9.47 Å². The molecule has 0 heterocycles. The van der Waals surface area contributed by atoms with Gasteiger partial charge in [0.15, 0.2) is 10.6 Å².